The first-order valence-corrected chi connectivity index (χ1v) is 7.62. The molecule has 1 unspecified atom stereocenters. The maximum Gasteiger partial charge on any atom is 0.219 e. The summed E-state index contributed by atoms with van der Waals surface area (Å²) in [7, 11) is 1.71. The monoisotopic (exact) mass is 269 g/mol. The molecule has 112 valence electrons. The van der Waals surface area contributed by atoms with Crippen LogP contribution < -0.4 is 10.6 Å². The second-order valence-electron chi connectivity index (χ2n) is 6.59. The summed E-state index contributed by atoms with van der Waals surface area (Å²) in [6.45, 7) is 9.93. The van der Waals surface area contributed by atoms with Gasteiger partial charge in [0.05, 0.1) is 0 Å². The number of carbonyl (C=O) groups is 1. The second kappa shape index (κ2) is 7.85. The lowest BCUT2D eigenvalue weighted by molar-refractivity contribution is -0.120. The minimum atomic E-state index is 0.154. The highest BCUT2D eigenvalue weighted by molar-refractivity contribution is 5.75. The number of hydrogen-bond donors (Lipinski definition) is 2. The molecule has 19 heavy (non-hydrogen) atoms. The summed E-state index contributed by atoms with van der Waals surface area (Å²) < 4.78 is 0. The highest BCUT2D eigenvalue weighted by atomic mass is 16.1. The molecule has 1 fully saturated rings. The summed E-state index contributed by atoms with van der Waals surface area (Å²) in [5.41, 5.74) is 0.186. The molecule has 0 aliphatic carbocycles. The van der Waals surface area contributed by atoms with E-state index in [1.54, 1.807) is 7.05 Å². The van der Waals surface area contributed by atoms with Crippen LogP contribution in [0.1, 0.15) is 52.9 Å². The molecular formula is C15H31N3O. The Morgan fingerprint density at radius 1 is 1.32 bits per heavy atom. The Kier molecular flexibility index (Phi) is 6.80. The van der Waals surface area contributed by atoms with E-state index in [-0.39, 0.29) is 11.4 Å². The molecule has 1 heterocycles. The first-order valence-electron chi connectivity index (χ1n) is 7.62. The molecule has 0 saturated carbocycles. The van der Waals surface area contributed by atoms with Crippen molar-refractivity contribution in [1.82, 2.24) is 15.5 Å². The van der Waals surface area contributed by atoms with Gasteiger partial charge in [-0.3, -0.25) is 9.69 Å². The fraction of sp³-hybridized carbons (Fsp3) is 0.933. The molecule has 1 amide bonds. The van der Waals surface area contributed by atoms with Gasteiger partial charge >= 0.3 is 0 Å². The zero-order chi connectivity index (χ0) is 14.3. The van der Waals surface area contributed by atoms with E-state index in [0.717, 1.165) is 19.5 Å². The van der Waals surface area contributed by atoms with Gasteiger partial charge in [-0.2, -0.15) is 0 Å². The highest BCUT2D eigenvalue weighted by Gasteiger charge is 2.23. The van der Waals surface area contributed by atoms with Gasteiger partial charge in [-0.05, 0) is 53.1 Å². The molecular weight excluding hydrogens is 238 g/mol. The lowest BCUT2D eigenvalue weighted by Gasteiger charge is -2.37. The van der Waals surface area contributed by atoms with Crippen LogP contribution in [0, 0.1) is 0 Å². The van der Waals surface area contributed by atoms with Crippen LogP contribution in [-0.4, -0.2) is 49.1 Å². The van der Waals surface area contributed by atoms with Crippen molar-refractivity contribution in [2.24, 2.45) is 0 Å². The van der Waals surface area contributed by atoms with Gasteiger partial charge in [-0.25, -0.2) is 0 Å². The summed E-state index contributed by atoms with van der Waals surface area (Å²) in [4.78, 5) is 13.8. The number of nitrogens with zero attached hydrogens (tertiary/aromatic N) is 1. The Morgan fingerprint density at radius 2 is 2.05 bits per heavy atom. The zero-order valence-electron chi connectivity index (χ0n) is 13.1. The maximum atomic E-state index is 11.3. The Balaban J connectivity index is 2.33. The summed E-state index contributed by atoms with van der Waals surface area (Å²) in [6, 6.07) is 0.637. The maximum absolute atomic E-state index is 11.3. The van der Waals surface area contributed by atoms with Crippen molar-refractivity contribution in [1.29, 1.82) is 0 Å². The fourth-order valence-electron chi connectivity index (χ4n) is 2.58. The molecule has 1 rings (SSSR count). The number of likely N-dealkylation sites (tertiary alicyclic amines) is 1. The number of nitrogens with one attached hydrogen (secondary N) is 2. The van der Waals surface area contributed by atoms with Gasteiger partial charge in [0.15, 0.2) is 0 Å². The van der Waals surface area contributed by atoms with E-state index in [1.165, 1.54) is 25.8 Å². The van der Waals surface area contributed by atoms with Crippen molar-refractivity contribution in [2.75, 3.05) is 26.7 Å². The van der Waals surface area contributed by atoms with E-state index >= 15 is 0 Å². The minimum absolute atomic E-state index is 0.154. The van der Waals surface area contributed by atoms with Gasteiger partial charge in [-0.1, -0.05) is 6.42 Å². The molecule has 4 nitrogen and oxygen atoms in total. The lowest BCUT2D eigenvalue weighted by atomic mass is 10.00. The van der Waals surface area contributed by atoms with Crippen molar-refractivity contribution in [3.05, 3.63) is 0 Å². The van der Waals surface area contributed by atoms with Gasteiger partial charge < -0.3 is 10.6 Å². The van der Waals surface area contributed by atoms with Crippen LogP contribution in [0.15, 0.2) is 0 Å². The molecule has 0 aromatic carbocycles. The zero-order valence-corrected chi connectivity index (χ0v) is 13.1. The lowest BCUT2D eigenvalue weighted by Crippen LogP contribution is -2.49. The van der Waals surface area contributed by atoms with Gasteiger partial charge in [0.2, 0.25) is 5.91 Å². The number of hydrogen-bond acceptors (Lipinski definition) is 3. The van der Waals surface area contributed by atoms with Crippen LogP contribution in [0.5, 0.6) is 0 Å². The van der Waals surface area contributed by atoms with Crippen molar-refractivity contribution >= 4 is 5.91 Å². The third-order valence-electron chi connectivity index (χ3n) is 3.75. The summed E-state index contributed by atoms with van der Waals surface area (Å²) in [5, 5.41) is 6.30. The van der Waals surface area contributed by atoms with Crippen molar-refractivity contribution in [2.45, 2.75) is 64.5 Å². The predicted molar refractivity (Wildman–Crippen MR) is 80.3 cm³/mol. The molecule has 0 aromatic heterocycles. The standard InChI is InChI=1S/C15H31N3O/c1-15(2,3)17-12-13-8-5-6-10-18(13)11-7-9-14(19)16-4/h13,17H,5-12H2,1-4H3,(H,16,19). The molecule has 2 N–H and O–H groups in total. The first kappa shape index (κ1) is 16.4. The Bertz CT molecular complexity index is 273. The Morgan fingerprint density at radius 3 is 2.68 bits per heavy atom. The Hall–Kier alpha value is -0.610. The van der Waals surface area contributed by atoms with Gasteiger partial charge in [0.25, 0.3) is 0 Å². The van der Waals surface area contributed by atoms with E-state index < -0.39 is 0 Å². The number of carbonyl (C=O) groups excluding carboxylic acids is 1. The average Bonchev–Trinajstić information content (AvgIpc) is 2.36. The van der Waals surface area contributed by atoms with Gasteiger partial charge in [-0.15, -0.1) is 0 Å². The van der Waals surface area contributed by atoms with Crippen LogP contribution in [-0.2, 0) is 4.79 Å². The molecule has 0 aromatic rings. The van der Waals surface area contributed by atoms with Gasteiger partial charge in [0, 0.05) is 31.6 Å². The SMILES string of the molecule is CNC(=O)CCCN1CCCCC1CNC(C)(C)C. The van der Waals surface area contributed by atoms with Crippen LogP contribution in [0.3, 0.4) is 0 Å². The van der Waals surface area contributed by atoms with Crippen LogP contribution in [0.2, 0.25) is 0 Å². The molecule has 1 aliphatic heterocycles. The van der Waals surface area contributed by atoms with E-state index in [1.807, 2.05) is 0 Å². The van der Waals surface area contributed by atoms with E-state index in [4.69, 9.17) is 0 Å². The quantitative estimate of drug-likeness (QED) is 0.772. The average molecular weight is 269 g/mol. The first-order chi connectivity index (χ1) is 8.92. The molecule has 1 atom stereocenters. The summed E-state index contributed by atoms with van der Waals surface area (Å²) >= 11 is 0. The molecule has 4 heteroatoms. The minimum Gasteiger partial charge on any atom is -0.359 e. The summed E-state index contributed by atoms with van der Waals surface area (Å²) in [6.07, 6.45) is 5.52. The number of amides is 1. The van der Waals surface area contributed by atoms with Crippen LogP contribution in [0.4, 0.5) is 0 Å². The smallest absolute Gasteiger partial charge is 0.219 e. The highest BCUT2D eigenvalue weighted by Crippen LogP contribution is 2.17. The van der Waals surface area contributed by atoms with Gasteiger partial charge in [0.1, 0.15) is 0 Å². The topological polar surface area (TPSA) is 44.4 Å². The van der Waals surface area contributed by atoms with E-state index in [2.05, 4.69) is 36.3 Å². The third kappa shape index (κ3) is 6.92. The second-order valence-corrected chi connectivity index (χ2v) is 6.59. The van der Waals surface area contributed by atoms with Crippen LogP contribution in [0.25, 0.3) is 0 Å². The van der Waals surface area contributed by atoms with Crippen molar-refractivity contribution in [3.63, 3.8) is 0 Å². The predicted octanol–water partition coefficient (Wildman–Crippen LogP) is 1.76. The largest absolute Gasteiger partial charge is 0.359 e. The molecule has 0 spiro atoms. The third-order valence-corrected chi connectivity index (χ3v) is 3.75. The molecule has 1 aliphatic rings. The van der Waals surface area contributed by atoms with Crippen LogP contribution >= 0.6 is 0 Å². The number of piperidine rings is 1. The normalized spacial score (nSPS) is 21.4. The fourth-order valence-corrected chi connectivity index (χ4v) is 2.58. The van der Waals surface area contributed by atoms with Crippen molar-refractivity contribution in [3.8, 4) is 0 Å². The van der Waals surface area contributed by atoms with E-state index in [9.17, 15) is 4.79 Å². The number of rotatable bonds is 6. The summed E-state index contributed by atoms with van der Waals surface area (Å²) in [5.74, 6) is 0.154. The molecule has 0 bridgehead atoms. The molecule has 1 saturated heterocycles. The molecule has 0 radical (unpaired) electrons. The Labute approximate surface area is 118 Å². The van der Waals surface area contributed by atoms with Crippen molar-refractivity contribution < 1.29 is 4.79 Å². The van der Waals surface area contributed by atoms with E-state index in [0.29, 0.717) is 12.5 Å².